The topological polar surface area (TPSA) is 42.7 Å². The molecule has 0 aromatic carbocycles. The van der Waals surface area contributed by atoms with Crippen molar-refractivity contribution in [2.24, 2.45) is 0 Å². The fourth-order valence-corrected chi connectivity index (χ4v) is 2.81. The van der Waals surface area contributed by atoms with E-state index in [0.29, 0.717) is 12.1 Å². The molecule has 0 radical (unpaired) electrons. The molecule has 2 atom stereocenters. The van der Waals surface area contributed by atoms with Crippen molar-refractivity contribution in [2.45, 2.75) is 39.4 Å². The predicted molar refractivity (Wildman–Crippen MR) is 70.1 cm³/mol. The maximum Gasteiger partial charge on any atom is 0.0946 e. The second-order valence-electron chi connectivity index (χ2n) is 4.35. The van der Waals surface area contributed by atoms with Crippen molar-refractivity contribution >= 4 is 11.3 Å². The van der Waals surface area contributed by atoms with Gasteiger partial charge in [0.1, 0.15) is 0 Å². The predicted octanol–water partition coefficient (Wildman–Crippen LogP) is 2.39. The number of nitrogens with zero attached hydrogens (tertiary/aromatic N) is 3. The quantitative estimate of drug-likeness (QED) is 0.886. The molecule has 2 heterocycles. The molecule has 2 unspecified atom stereocenters. The van der Waals surface area contributed by atoms with Crippen LogP contribution in [0.3, 0.4) is 0 Å². The molecule has 2 rings (SSSR count). The first-order valence-electron chi connectivity index (χ1n) is 5.78. The maximum atomic E-state index is 4.28. The Labute approximate surface area is 106 Å². The Morgan fingerprint density at radius 3 is 2.88 bits per heavy atom. The van der Waals surface area contributed by atoms with Crippen molar-refractivity contribution in [3.63, 3.8) is 0 Å². The van der Waals surface area contributed by atoms with E-state index < -0.39 is 0 Å². The number of aryl methyl sites for hydroxylation is 1. The minimum Gasteiger partial charge on any atom is -0.336 e. The highest BCUT2D eigenvalue weighted by Gasteiger charge is 2.13. The lowest BCUT2D eigenvalue weighted by molar-refractivity contribution is 0.432. The van der Waals surface area contributed by atoms with Crippen molar-refractivity contribution < 1.29 is 0 Å². The Bertz CT molecular complexity index is 449. The highest BCUT2D eigenvalue weighted by atomic mass is 32.1. The van der Waals surface area contributed by atoms with Gasteiger partial charge < -0.3 is 9.88 Å². The van der Waals surface area contributed by atoms with E-state index in [1.54, 1.807) is 11.3 Å². The summed E-state index contributed by atoms with van der Waals surface area (Å²) in [5.41, 5.74) is 3.04. The van der Waals surface area contributed by atoms with Crippen LogP contribution < -0.4 is 5.32 Å². The molecule has 92 valence electrons. The lowest BCUT2D eigenvalue weighted by atomic mass is 10.2. The van der Waals surface area contributed by atoms with E-state index in [2.05, 4.69) is 40.6 Å². The molecule has 0 spiro atoms. The molecule has 0 aliphatic rings. The maximum absolute atomic E-state index is 4.28. The van der Waals surface area contributed by atoms with E-state index in [1.807, 2.05) is 24.2 Å². The van der Waals surface area contributed by atoms with Gasteiger partial charge in [-0.1, -0.05) is 0 Å². The summed E-state index contributed by atoms with van der Waals surface area (Å²) >= 11 is 1.71. The van der Waals surface area contributed by atoms with E-state index in [1.165, 1.54) is 4.88 Å². The zero-order valence-electron chi connectivity index (χ0n) is 10.4. The summed E-state index contributed by atoms with van der Waals surface area (Å²) in [7, 11) is 0. The van der Waals surface area contributed by atoms with E-state index >= 15 is 0 Å². The molecule has 0 aliphatic carbocycles. The molecular weight excluding hydrogens is 232 g/mol. The van der Waals surface area contributed by atoms with Crippen LogP contribution in [0.1, 0.15) is 30.5 Å². The Hall–Kier alpha value is -1.20. The Kier molecular flexibility index (Phi) is 3.91. The summed E-state index contributed by atoms with van der Waals surface area (Å²) in [6.45, 7) is 7.37. The van der Waals surface area contributed by atoms with Crippen molar-refractivity contribution in [1.29, 1.82) is 0 Å². The SMILES string of the molecule is Cc1ncsc1C(C)NC(C)Cn1ccnc1. The lowest BCUT2D eigenvalue weighted by Crippen LogP contribution is -2.32. The average molecular weight is 250 g/mol. The van der Waals surface area contributed by atoms with E-state index in [-0.39, 0.29) is 0 Å². The van der Waals surface area contributed by atoms with Crippen LogP contribution in [0.4, 0.5) is 0 Å². The van der Waals surface area contributed by atoms with E-state index in [4.69, 9.17) is 0 Å². The molecular formula is C12H18N4S. The number of imidazole rings is 1. The summed E-state index contributed by atoms with van der Waals surface area (Å²) in [6.07, 6.45) is 5.64. The standard InChI is InChI=1S/C12H18N4S/c1-9(6-16-5-4-13-7-16)15-11(3)12-10(2)14-8-17-12/h4-5,7-9,11,15H,6H2,1-3H3. The average Bonchev–Trinajstić information content (AvgIpc) is 2.88. The van der Waals surface area contributed by atoms with Gasteiger partial charge in [0.2, 0.25) is 0 Å². The fraction of sp³-hybridized carbons (Fsp3) is 0.500. The van der Waals surface area contributed by atoms with Gasteiger partial charge in [-0.3, -0.25) is 0 Å². The fourth-order valence-electron chi connectivity index (χ4n) is 1.99. The zero-order chi connectivity index (χ0) is 12.3. The molecule has 0 amide bonds. The zero-order valence-corrected chi connectivity index (χ0v) is 11.2. The minimum atomic E-state index is 0.348. The third-order valence-electron chi connectivity index (χ3n) is 2.75. The van der Waals surface area contributed by atoms with E-state index in [0.717, 1.165) is 12.2 Å². The molecule has 0 saturated carbocycles. The van der Waals surface area contributed by atoms with Crippen LogP contribution >= 0.6 is 11.3 Å². The van der Waals surface area contributed by atoms with Gasteiger partial charge >= 0.3 is 0 Å². The third kappa shape index (κ3) is 3.14. The van der Waals surface area contributed by atoms with E-state index in [9.17, 15) is 0 Å². The molecule has 5 heteroatoms. The first-order valence-corrected chi connectivity index (χ1v) is 6.66. The number of aromatic nitrogens is 3. The largest absolute Gasteiger partial charge is 0.336 e. The van der Waals surface area contributed by atoms with Gasteiger partial charge in [0.25, 0.3) is 0 Å². The molecule has 0 aliphatic heterocycles. The molecule has 0 saturated heterocycles. The Morgan fingerprint density at radius 1 is 1.47 bits per heavy atom. The third-order valence-corrected chi connectivity index (χ3v) is 3.87. The molecule has 4 nitrogen and oxygen atoms in total. The summed E-state index contributed by atoms with van der Waals surface area (Å²) in [5.74, 6) is 0. The number of rotatable bonds is 5. The number of hydrogen-bond donors (Lipinski definition) is 1. The second-order valence-corrected chi connectivity index (χ2v) is 5.24. The van der Waals surface area contributed by atoms with Gasteiger partial charge in [0.05, 0.1) is 17.5 Å². The lowest BCUT2D eigenvalue weighted by Gasteiger charge is -2.19. The van der Waals surface area contributed by atoms with Gasteiger partial charge in [-0.15, -0.1) is 11.3 Å². The van der Waals surface area contributed by atoms with Crippen molar-refractivity contribution in [2.75, 3.05) is 0 Å². The first kappa shape index (κ1) is 12.3. The Morgan fingerprint density at radius 2 is 2.29 bits per heavy atom. The van der Waals surface area contributed by atoms with Crippen LogP contribution in [-0.4, -0.2) is 20.6 Å². The highest BCUT2D eigenvalue weighted by molar-refractivity contribution is 7.09. The smallest absolute Gasteiger partial charge is 0.0946 e. The molecule has 0 bridgehead atoms. The van der Waals surface area contributed by atoms with Crippen molar-refractivity contribution in [1.82, 2.24) is 19.9 Å². The molecule has 2 aromatic heterocycles. The molecule has 0 fully saturated rings. The van der Waals surface area contributed by atoms with Crippen LogP contribution in [0.5, 0.6) is 0 Å². The van der Waals surface area contributed by atoms with Crippen LogP contribution in [0.15, 0.2) is 24.2 Å². The monoisotopic (exact) mass is 250 g/mol. The van der Waals surface area contributed by atoms with Crippen LogP contribution in [0, 0.1) is 6.92 Å². The molecule has 1 N–H and O–H groups in total. The van der Waals surface area contributed by atoms with Crippen LogP contribution in [0.2, 0.25) is 0 Å². The summed E-state index contributed by atoms with van der Waals surface area (Å²) < 4.78 is 2.09. The van der Waals surface area contributed by atoms with Crippen molar-refractivity contribution in [3.8, 4) is 0 Å². The number of nitrogens with one attached hydrogen (secondary N) is 1. The highest BCUT2D eigenvalue weighted by Crippen LogP contribution is 2.21. The summed E-state index contributed by atoms with van der Waals surface area (Å²) in [6, 6.07) is 0.752. The van der Waals surface area contributed by atoms with Gasteiger partial charge in [-0.25, -0.2) is 9.97 Å². The normalized spacial score (nSPS) is 14.8. The number of hydrogen-bond acceptors (Lipinski definition) is 4. The van der Waals surface area contributed by atoms with Crippen molar-refractivity contribution in [3.05, 3.63) is 34.8 Å². The number of thiazole rings is 1. The van der Waals surface area contributed by atoms with Gasteiger partial charge in [-0.2, -0.15) is 0 Å². The van der Waals surface area contributed by atoms with Gasteiger partial charge in [0.15, 0.2) is 0 Å². The van der Waals surface area contributed by atoms with Crippen LogP contribution in [-0.2, 0) is 6.54 Å². The summed E-state index contributed by atoms with van der Waals surface area (Å²) in [5, 5.41) is 3.58. The van der Waals surface area contributed by atoms with Crippen LogP contribution in [0.25, 0.3) is 0 Å². The minimum absolute atomic E-state index is 0.348. The van der Waals surface area contributed by atoms with Gasteiger partial charge in [0, 0.05) is 35.9 Å². The molecule has 2 aromatic rings. The molecule has 17 heavy (non-hydrogen) atoms. The second kappa shape index (κ2) is 5.42. The van der Waals surface area contributed by atoms with Gasteiger partial charge in [-0.05, 0) is 20.8 Å². The summed E-state index contributed by atoms with van der Waals surface area (Å²) in [4.78, 5) is 9.65. The first-order chi connectivity index (χ1) is 8.16. The Balaban J connectivity index is 1.90.